The second-order valence-corrected chi connectivity index (χ2v) is 3.66. The summed E-state index contributed by atoms with van der Waals surface area (Å²) in [6, 6.07) is 3.05. The molecule has 0 radical (unpaired) electrons. The van der Waals surface area contributed by atoms with Gasteiger partial charge >= 0.3 is 6.18 Å². The van der Waals surface area contributed by atoms with Gasteiger partial charge in [-0.3, -0.25) is 0 Å². The molecule has 98 valence electrons. The first-order valence-corrected chi connectivity index (χ1v) is 4.98. The lowest BCUT2D eigenvalue weighted by molar-refractivity contribution is -0.137. The Morgan fingerprint density at radius 1 is 1.28 bits per heavy atom. The highest BCUT2D eigenvalue weighted by molar-refractivity contribution is 6.33. The van der Waals surface area contributed by atoms with Crippen molar-refractivity contribution < 1.29 is 13.2 Å². The molecule has 2 aromatic rings. The van der Waals surface area contributed by atoms with Crippen molar-refractivity contribution in [3.63, 3.8) is 0 Å². The van der Waals surface area contributed by atoms with Crippen molar-refractivity contribution >= 4 is 35.6 Å². The number of anilines is 2. The quantitative estimate of drug-likeness (QED) is 0.870. The zero-order chi connectivity index (χ0) is 12.5. The van der Waals surface area contributed by atoms with E-state index in [1.807, 2.05) is 0 Å². The molecule has 18 heavy (non-hydrogen) atoms. The Balaban J connectivity index is 0.00000162. The van der Waals surface area contributed by atoms with Gasteiger partial charge in [0.1, 0.15) is 0 Å². The fourth-order valence-corrected chi connectivity index (χ4v) is 1.42. The van der Waals surface area contributed by atoms with Crippen molar-refractivity contribution in [1.82, 2.24) is 9.97 Å². The Morgan fingerprint density at radius 3 is 2.56 bits per heavy atom. The lowest BCUT2D eigenvalue weighted by Gasteiger charge is -2.10. The second kappa shape index (κ2) is 5.49. The largest absolute Gasteiger partial charge is 0.416 e. The van der Waals surface area contributed by atoms with Crippen LogP contribution in [0.15, 0.2) is 30.6 Å². The summed E-state index contributed by atoms with van der Waals surface area (Å²) >= 11 is 5.79. The standard InChI is InChI=1S/C10H7ClF3N3.ClH/c11-7-2-1-6(10(12,13)14)5-8(7)17-9-15-3-4-16-9;/h1-5H,(H2,15,16,17);1H. The number of rotatable bonds is 2. The molecule has 2 rings (SSSR count). The van der Waals surface area contributed by atoms with Gasteiger partial charge in [-0.25, -0.2) is 4.98 Å². The van der Waals surface area contributed by atoms with Crippen molar-refractivity contribution in [2.75, 3.05) is 5.32 Å². The Hall–Kier alpha value is -1.40. The van der Waals surface area contributed by atoms with E-state index < -0.39 is 11.7 Å². The maximum absolute atomic E-state index is 12.5. The van der Waals surface area contributed by atoms with E-state index in [0.717, 1.165) is 12.1 Å². The molecular formula is C10H8Cl2F3N3. The van der Waals surface area contributed by atoms with Crippen molar-refractivity contribution in [3.8, 4) is 0 Å². The van der Waals surface area contributed by atoms with Gasteiger partial charge in [0.25, 0.3) is 0 Å². The normalized spacial score (nSPS) is 10.9. The van der Waals surface area contributed by atoms with Crippen molar-refractivity contribution in [1.29, 1.82) is 0 Å². The maximum Gasteiger partial charge on any atom is 0.416 e. The molecule has 0 aliphatic carbocycles. The minimum atomic E-state index is -4.40. The van der Waals surface area contributed by atoms with Gasteiger partial charge in [-0.2, -0.15) is 13.2 Å². The van der Waals surface area contributed by atoms with Crippen LogP contribution >= 0.6 is 24.0 Å². The van der Waals surface area contributed by atoms with Gasteiger partial charge in [-0.1, -0.05) is 11.6 Å². The molecule has 0 amide bonds. The van der Waals surface area contributed by atoms with Crippen LogP contribution < -0.4 is 5.32 Å². The van der Waals surface area contributed by atoms with Gasteiger partial charge in [0.05, 0.1) is 16.3 Å². The van der Waals surface area contributed by atoms with Gasteiger partial charge < -0.3 is 10.3 Å². The summed E-state index contributed by atoms with van der Waals surface area (Å²) in [7, 11) is 0. The molecule has 1 aromatic heterocycles. The lowest BCUT2D eigenvalue weighted by Crippen LogP contribution is -2.05. The molecule has 0 aliphatic rings. The first-order chi connectivity index (χ1) is 7.97. The third-order valence-corrected chi connectivity index (χ3v) is 2.37. The average molecular weight is 298 g/mol. The Morgan fingerprint density at radius 2 is 2.00 bits per heavy atom. The number of aromatic amines is 1. The number of alkyl halides is 3. The zero-order valence-electron chi connectivity index (χ0n) is 8.75. The monoisotopic (exact) mass is 297 g/mol. The molecule has 0 unspecified atom stereocenters. The van der Waals surface area contributed by atoms with Crippen LogP contribution in [0.2, 0.25) is 5.02 Å². The SMILES string of the molecule is Cl.FC(F)(F)c1ccc(Cl)c(Nc2ncc[nH]2)c1. The Kier molecular flexibility index (Phi) is 4.48. The summed E-state index contributed by atoms with van der Waals surface area (Å²) in [6.07, 6.45) is -1.38. The van der Waals surface area contributed by atoms with Crippen LogP contribution in [-0.2, 0) is 6.18 Å². The maximum atomic E-state index is 12.5. The highest BCUT2D eigenvalue weighted by Gasteiger charge is 2.30. The van der Waals surface area contributed by atoms with Gasteiger partial charge in [-0.15, -0.1) is 12.4 Å². The molecule has 0 atom stereocenters. The molecule has 0 saturated heterocycles. The van der Waals surface area contributed by atoms with Crippen LogP contribution in [0.3, 0.4) is 0 Å². The zero-order valence-corrected chi connectivity index (χ0v) is 10.3. The number of nitrogens with zero attached hydrogens (tertiary/aromatic N) is 1. The first kappa shape index (κ1) is 14.7. The first-order valence-electron chi connectivity index (χ1n) is 4.60. The van der Waals surface area contributed by atoms with Crippen molar-refractivity contribution in [2.45, 2.75) is 6.18 Å². The molecule has 8 heteroatoms. The summed E-state index contributed by atoms with van der Waals surface area (Å²) in [5.41, 5.74) is -0.618. The Bertz CT molecular complexity index is 512. The molecule has 0 aliphatic heterocycles. The number of nitrogens with one attached hydrogen (secondary N) is 2. The van der Waals surface area contributed by atoms with E-state index >= 15 is 0 Å². The van der Waals surface area contributed by atoms with Crippen molar-refractivity contribution in [2.24, 2.45) is 0 Å². The number of H-pyrrole nitrogens is 1. The highest BCUT2D eigenvalue weighted by atomic mass is 35.5. The van der Waals surface area contributed by atoms with E-state index in [4.69, 9.17) is 11.6 Å². The minimum Gasteiger partial charge on any atom is -0.331 e. The number of halogens is 5. The minimum absolute atomic E-state index is 0. The Labute approximate surface area is 112 Å². The number of imidazole rings is 1. The molecule has 3 nitrogen and oxygen atoms in total. The molecule has 1 heterocycles. The smallest absolute Gasteiger partial charge is 0.331 e. The van der Waals surface area contributed by atoms with Gasteiger partial charge in [-0.05, 0) is 18.2 Å². The third kappa shape index (κ3) is 3.30. The van der Waals surface area contributed by atoms with E-state index in [1.165, 1.54) is 12.3 Å². The van der Waals surface area contributed by atoms with Crippen LogP contribution in [0.25, 0.3) is 0 Å². The molecular weight excluding hydrogens is 290 g/mol. The average Bonchev–Trinajstić information content (AvgIpc) is 2.72. The van der Waals surface area contributed by atoms with E-state index in [2.05, 4.69) is 15.3 Å². The van der Waals surface area contributed by atoms with Crippen LogP contribution in [0.1, 0.15) is 5.56 Å². The summed E-state index contributed by atoms with van der Waals surface area (Å²) in [6.45, 7) is 0. The van der Waals surface area contributed by atoms with E-state index in [9.17, 15) is 13.2 Å². The molecule has 0 bridgehead atoms. The van der Waals surface area contributed by atoms with Gasteiger partial charge in [0, 0.05) is 12.4 Å². The number of aromatic nitrogens is 2. The van der Waals surface area contributed by atoms with Crippen LogP contribution in [0, 0.1) is 0 Å². The molecule has 1 aromatic carbocycles. The lowest BCUT2D eigenvalue weighted by atomic mass is 10.2. The topological polar surface area (TPSA) is 40.7 Å². The fraction of sp³-hybridized carbons (Fsp3) is 0.100. The second-order valence-electron chi connectivity index (χ2n) is 3.26. The molecule has 2 N–H and O–H groups in total. The summed E-state index contributed by atoms with van der Waals surface area (Å²) in [5, 5.41) is 2.86. The molecule has 0 fully saturated rings. The number of benzene rings is 1. The van der Waals surface area contributed by atoms with Crippen molar-refractivity contribution in [3.05, 3.63) is 41.2 Å². The fourth-order valence-electron chi connectivity index (χ4n) is 1.26. The van der Waals surface area contributed by atoms with Crippen LogP contribution in [0.5, 0.6) is 0 Å². The number of hydrogen-bond acceptors (Lipinski definition) is 2. The van der Waals surface area contributed by atoms with Gasteiger partial charge in [0.2, 0.25) is 5.95 Å². The van der Waals surface area contributed by atoms with E-state index in [0.29, 0.717) is 5.95 Å². The number of hydrogen-bond donors (Lipinski definition) is 2. The predicted octanol–water partition coefficient (Wildman–Crippen LogP) is 4.25. The summed E-state index contributed by atoms with van der Waals surface area (Å²) in [5.74, 6) is 0.325. The summed E-state index contributed by atoms with van der Waals surface area (Å²) in [4.78, 5) is 6.55. The van der Waals surface area contributed by atoms with E-state index in [1.54, 1.807) is 6.20 Å². The van der Waals surface area contributed by atoms with Crippen LogP contribution in [0.4, 0.5) is 24.8 Å². The molecule has 0 spiro atoms. The van der Waals surface area contributed by atoms with Crippen LogP contribution in [-0.4, -0.2) is 9.97 Å². The molecule has 0 saturated carbocycles. The van der Waals surface area contributed by atoms with Gasteiger partial charge in [0.15, 0.2) is 0 Å². The summed E-state index contributed by atoms with van der Waals surface area (Å²) < 4.78 is 37.5. The third-order valence-electron chi connectivity index (χ3n) is 2.04. The van der Waals surface area contributed by atoms with E-state index in [-0.39, 0.29) is 23.1 Å². The highest BCUT2D eigenvalue weighted by Crippen LogP contribution is 2.34. The predicted molar refractivity (Wildman–Crippen MR) is 65.6 cm³/mol.